The number of hydrogen-bond donors (Lipinski definition) is 1. The van der Waals surface area contributed by atoms with Crippen molar-refractivity contribution in [1.82, 2.24) is 19.4 Å². The van der Waals surface area contributed by atoms with E-state index in [1.807, 2.05) is 48.5 Å². The number of fused-ring (bicyclic) bond motifs is 3. The van der Waals surface area contributed by atoms with Crippen molar-refractivity contribution in [3.05, 3.63) is 70.2 Å². The fourth-order valence-corrected chi connectivity index (χ4v) is 4.17. The largest absolute Gasteiger partial charge is 0.368 e. The highest BCUT2D eigenvalue weighted by Crippen LogP contribution is 2.22. The molecule has 7 nitrogen and oxygen atoms in total. The molecule has 1 saturated heterocycles. The zero-order valence-electron chi connectivity index (χ0n) is 16.2. The van der Waals surface area contributed by atoms with E-state index in [0.717, 1.165) is 29.7 Å². The second kappa shape index (κ2) is 7.50. The van der Waals surface area contributed by atoms with Gasteiger partial charge in [0.05, 0.1) is 6.33 Å². The summed E-state index contributed by atoms with van der Waals surface area (Å²) in [5.74, 6) is -0.0832. The Balaban J connectivity index is 1.31. The van der Waals surface area contributed by atoms with Crippen LogP contribution < -0.4 is 10.5 Å². The number of carbonyl (C=O) groups excluding carboxylic acids is 1. The van der Waals surface area contributed by atoms with Crippen molar-refractivity contribution < 1.29 is 4.79 Å². The van der Waals surface area contributed by atoms with Gasteiger partial charge in [0.1, 0.15) is 17.6 Å². The van der Waals surface area contributed by atoms with Crippen LogP contribution in [0.4, 0.5) is 5.69 Å². The summed E-state index contributed by atoms with van der Waals surface area (Å²) in [6, 6.07) is 15.4. The molecule has 0 bridgehead atoms. The van der Waals surface area contributed by atoms with E-state index in [0.29, 0.717) is 29.1 Å². The number of nitrogens with zero attached hydrogens (tertiary/aromatic N) is 4. The van der Waals surface area contributed by atoms with Crippen LogP contribution in [0.1, 0.15) is 0 Å². The Morgan fingerprint density at radius 3 is 2.67 bits per heavy atom. The SMILES string of the molecule is O=C(Cn1cnc2c([nH]c3ccccc32)c1=O)N1CCN(c2cccc(Cl)c2)CC1. The first-order valence-corrected chi connectivity index (χ1v) is 10.2. The molecule has 30 heavy (non-hydrogen) atoms. The van der Waals surface area contributed by atoms with E-state index < -0.39 is 0 Å². The highest BCUT2D eigenvalue weighted by Gasteiger charge is 2.22. The predicted octanol–water partition coefficient (Wildman–Crippen LogP) is 2.88. The Hall–Kier alpha value is -3.32. The molecule has 1 amide bonds. The molecule has 0 radical (unpaired) electrons. The topological polar surface area (TPSA) is 74.2 Å². The van der Waals surface area contributed by atoms with Gasteiger partial charge in [-0.2, -0.15) is 0 Å². The lowest BCUT2D eigenvalue weighted by molar-refractivity contribution is -0.132. The van der Waals surface area contributed by atoms with Crippen molar-refractivity contribution in [2.75, 3.05) is 31.1 Å². The molecule has 0 spiro atoms. The molecule has 0 unspecified atom stereocenters. The van der Waals surface area contributed by atoms with E-state index in [1.54, 1.807) is 4.90 Å². The Bertz CT molecular complexity index is 1300. The minimum atomic E-state index is -0.234. The molecule has 8 heteroatoms. The fourth-order valence-electron chi connectivity index (χ4n) is 3.98. The van der Waals surface area contributed by atoms with Crippen molar-refractivity contribution in [3.63, 3.8) is 0 Å². The maximum atomic E-state index is 12.9. The van der Waals surface area contributed by atoms with Gasteiger partial charge in [0.2, 0.25) is 5.91 Å². The van der Waals surface area contributed by atoms with E-state index >= 15 is 0 Å². The van der Waals surface area contributed by atoms with E-state index in [4.69, 9.17) is 11.6 Å². The number of anilines is 1. The summed E-state index contributed by atoms with van der Waals surface area (Å²) >= 11 is 6.08. The van der Waals surface area contributed by atoms with Crippen LogP contribution in [0.2, 0.25) is 5.02 Å². The number of rotatable bonds is 3. The number of amides is 1. The van der Waals surface area contributed by atoms with E-state index in [-0.39, 0.29) is 18.0 Å². The van der Waals surface area contributed by atoms with Crippen LogP contribution >= 0.6 is 11.6 Å². The normalized spacial score (nSPS) is 14.6. The van der Waals surface area contributed by atoms with Gasteiger partial charge in [-0.3, -0.25) is 14.2 Å². The van der Waals surface area contributed by atoms with Crippen molar-refractivity contribution in [3.8, 4) is 0 Å². The van der Waals surface area contributed by atoms with Crippen LogP contribution in [0.25, 0.3) is 21.9 Å². The van der Waals surface area contributed by atoms with Gasteiger partial charge in [0.25, 0.3) is 5.56 Å². The molecule has 1 fully saturated rings. The lowest BCUT2D eigenvalue weighted by atomic mass is 10.2. The number of nitrogens with one attached hydrogen (secondary N) is 1. The molecule has 0 aliphatic carbocycles. The molecule has 2 aromatic carbocycles. The quantitative estimate of drug-likeness (QED) is 0.552. The molecule has 1 aliphatic heterocycles. The van der Waals surface area contributed by atoms with Crippen molar-refractivity contribution in [1.29, 1.82) is 0 Å². The van der Waals surface area contributed by atoms with Gasteiger partial charge in [-0.15, -0.1) is 0 Å². The van der Waals surface area contributed by atoms with Crippen molar-refractivity contribution >= 4 is 45.1 Å². The van der Waals surface area contributed by atoms with Gasteiger partial charge in [-0.05, 0) is 24.3 Å². The minimum absolute atomic E-state index is 0.0195. The minimum Gasteiger partial charge on any atom is -0.368 e. The molecule has 0 saturated carbocycles. The average Bonchev–Trinajstić information content (AvgIpc) is 3.15. The van der Waals surface area contributed by atoms with Crippen molar-refractivity contribution in [2.24, 2.45) is 0 Å². The lowest BCUT2D eigenvalue weighted by Gasteiger charge is -2.36. The number of aromatic nitrogens is 3. The van der Waals surface area contributed by atoms with Crippen LogP contribution in [-0.2, 0) is 11.3 Å². The van der Waals surface area contributed by atoms with Crippen LogP contribution in [0, 0.1) is 0 Å². The Morgan fingerprint density at radius 2 is 1.87 bits per heavy atom. The zero-order valence-corrected chi connectivity index (χ0v) is 17.0. The van der Waals surface area contributed by atoms with Gasteiger partial charge < -0.3 is 14.8 Å². The summed E-state index contributed by atoms with van der Waals surface area (Å²) in [6.07, 6.45) is 1.46. The van der Waals surface area contributed by atoms with Crippen LogP contribution in [0.3, 0.4) is 0 Å². The van der Waals surface area contributed by atoms with Gasteiger partial charge >= 0.3 is 0 Å². The summed E-state index contributed by atoms with van der Waals surface area (Å²) in [6.45, 7) is 2.62. The second-order valence-electron chi connectivity index (χ2n) is 7.42. The van der Waals surface area contributed by atoms with E-state index in [2.05, 4.69) is 14.9 Å². The number of para-hydroxylation sites is 1. The first kappa shape index (κ1) is 18.7. The summed E-state index contributed by atoms with van der Waals surface area (Å²) in [7, 11) is 0. The lowest BCUT2D eigenvalue weighted by Crippen LogP contribution is -2.50. The first-order valence-electron chi connectivity index (χ1n) is 9.84. The third-order valence-electron chi connectivity index (χ3n) is 5.59. The Morgan fingerprint density at radius 1 is 1.07 bits per heavy atom. The number of halogens is 1. The molecule has 1 N–H and O–H groups in total. The number of aromatic amines is 1. The second-order valence-corrected chi connectivity index (χ2v) is 7.86. The summed E-state index contributed by atoms with van der Waals surface area (Å²) in [4.78, 5) is 37.3. The maximum absolute atomic E-state index is 12.9. The number of hydrogen-bond acceptors (Lipinski definition) is 4. The van der Waals surface area contributed by atoms with Gasteiger partial charge in [-0.25, -0.2) is 4.98 Å². The molecule has 152 valence electrons. The Labute approximate surface area is 177 Å². The summed E-state index contributed by atoms with van der Waals surface area (Å²) in [5, 5.41) is 1.60. The first-order chi connectivity index (χ1) is 14.6. The summed E-state index contributed by atoms with van der Waals surface area (Å²) < 4.78 is 1.38. The molecule has 2 aromatic heterocycles. The highest BCUT2D eigenvalue weighted by molar-refractivity contribution is 6.30. The van der Waals surface area contributed by atoms with Crippen molar-refractivity contribution in [2.45, 2.75) is 6.54 Å². The third kappa shape index (κ3) is 3.31. The number of benzene rings is 2. The Kier molecular flexibility index (Phi) is 4.67. The zero-order chi connectivity index (χ0) is 20.7. The number of carbonyl (C=O) groups is 1. The van der Waals surface area contributed by atoms with E-state index in [1.165, 1.54) is 10.9 Å². The molecular formula is C22H20ClN5O2. The molecule has 5 rings (SSSR count). The van der Waals surface area contributed by atoms with Gasteiger partial charge in [0, 0.05) is 47.8 Å². The van der Waals surface area contributed by atoms with Gasteiger partial charge in [-0.1, -0.05) is 35.9 Å². The highest BCUT2D eigenvalue weighted by atomic mass is 35.5. The monoisotopic (exact) mass is 421 g/mol. The summed E-state index contributed by atoms with van der Waals surface area (Å²) in [5.41, 5.74) is 2.74. The van der Waals surface area contributed by atoms with Crippen LogP contribution in [0.15, 0.2) is 59.7 Å². The van der Waals surface area contributed by atoms with Crippen LogP contribution in [-0.4, -0.2) is 51.5 Å². The standard InChI is InChI=1S/C22H20ClN5O2/c23-15-4-3-5-16(12-15)26-8-10-27(11-9-26)19(29)13-28-14-24-20-17-6-1-2-7-18(17)25-21(20)22(28)30/h1-7,12,14,25H,8-11,13H2. The molecule has 3 heterocycles. The number of H-pyrrole nitrogens is 1. The third-order valence-corrected chi connectivity index (χ3v) is 5.83. The molecule has 4 aromatic rings. The average molecular weight is 422 g/mol. The number of piperazine rings is 1. The van der Waals surface area contributed by atoms with E-state index in [9.17, 15) is 9.59 Å². The fraction of sp³-hybridized carbons (Fsp3) is 0.227. The van der Waals surface area contributed by atoms with Crippen LogP contribution in [0.5, 0.6) is 0 Å². The molecule has 0 atom stereocenters. The maximum Gasteiger partial charge on any atom is 0.278 e. The molecular weight excluding hydrogens is 402 g/mol. The molecule has 1 aliphatic rings. The predicted molar refractivity (Wildman–Crippen MR) is 118 cm³/mol. The van der Waals surface area contributed by atoms with Gasteiger partial charge in [0.15, 0.2) is 0 Å². The smallest absolute Gasteiger partial charge is 0.278 e.